The Balaban J connectivity index is 2.29. The topological polar surface area (TPSA) is 20.3 Å². The van der Waals surface area contributed by atoms with Gasteiger partial charge in [0, 0.05) is 17.0 Å². The first kappa shape index (κ1) is 15.0. The van der Waals surface area contributed by atoms with Gasteiger partial charge in [0.2, 0.25) is 0 Å². The molecule has 2 aliphatic rings. The van der Waals surface area contributed by atoms with E-state index in [-0.39, 0.29) is 17.0 Å². The molecule has 0 radical (unpaired) electrons. The van der Waals surface area contributed by atoms with Gasteiger partial charge in [-0.2, -0.15) is 0 Å². The summed E-state index contributed by atoms with van der Waals surface area (Å²) in [5, 5.41) is 0. The Hall–Kier alpha value is -0.370. The average Bonchev–Trinajstić information content (AvgIpc) is 2.64. The third kappa shape index (κ3) is 2.89. The maximum absolute atomic E-state index is 12.8. The van der Waals surface area contributed by atoms with Crippen molar-refractivity contribution >= 4 is 5.78 Å². The van der Waals surface area contributed by atoms with Crippen LogP contribution in [0.2, 0.25) is 0 Å². The number of carbonyl (C=O) groups excluding carboxylic acids is 1. The van der Waals surface area contributed by atoms with Gasteiger partial charge in [-0.05, 0) is 46.0 Å². The Labute approximate surface area is 118 Å². The van der Waals surface area contributed by atoms with Crippen LogP contribution in [0.1, 0.15) is 73.6 Å². The van der Waals surface area contributed by atoms with Gasteiger partial charge in [0.15, 0.2) is 5.78 Å². The van der Waals surface area contributed by atoms with Gasteiger partial charge in [-0.1, -0.05) is 33.6 Å². The van der Waals surface area contributed by atoms with Crippen molar-refractivity contribution in [2.24, 2.45) is 11.3 Å². The predicted octanol–water partition coefficient (Wildman–Crippen LogP) is 4.03. The highest BCUT2D eigenvalue weighted by atomic mass is 16.1. The van der Waals surface area contributed by atoms with E-state index in [4.69, 9.17) is 0 Å². The quantitative estimate of drug-likeness (QED) is 0.713. The maximum Gasteiger partial charge on any atom is 0.155 e. The second-order valence-corrected chi connectivity index (χ2v) is 8.56. The summed E-state index contributed by atoms with van der Waals surface area (Å²) in [7, 11) is 0. The summed E-state index contributed by atoms with van der Waals surface area (Å²) in [5.41, 5.74) is -0.121. The van der Waals surface area contributed by atoms with Gasteiger partial charge >= 0.3 is 0 Å². The molecule has 1 saturated carbocycles. The second-order valence-electron chi connectivity index (χ2n) is 8.56. The largest absolute Gasteiger partial charge is 0.297 e. The predicted molar refractivity (Wildman–Crippen MR) is 80.2 cm³/mol. The van der Waals surface area contributed by atoms with Crippen molar-refractivity contribution in [2.45, 2.75) is 91.3 Å². The van der Waals surface area contributed by atoms with Crippen molar-refractivity contribution in [1.29, 1.82) is 0 Å². The van der Waals surface area contributed by atoms with Crippen LogP contribution in [-0.4, -0.2) is 28.3 Å². The van der Waals surface area contributed by atoms with Crippen molar-refractivity contribution < 1.29 is 4.79 Å². The number of carbonyl (C=O) groups is 1. The van der Waals surface area contributed by atoms with Crippen molar-refractivity contribution in [2.75, 3.05) is 0 Å². The molecule has 1 aliphatic carbocycles. The second kappa shape index (κ2) is 4.87. The van der Waals surface area contributed by atoms with Crippen LogP contribution >= 0.6 is 0 Å². The van der Waals surface area contributed by atoms with Gasteiger partial charge in [0.25, 0.3) is 0 Å². The molecule has 0 amide bonds. The third-order valence-corrected chi connectivity index (χ3v) is 4.90. The van der Waals surface area contributed by atoms with Crippen LogP contribution in [0.5, 0.6) is 0 Å². The maximum atomic E-state index is 12.8. The molecule has 0 N–H and O–H groups in total. The molecule has 2 heteroatoms. The molecule has 1 aliphatic heterocycles. The van der Waals surface area contributed by atoms with E-state index in [1.807, 2.05) is 0 Å². The molecule has 2 rings (SSSR count). The molecule has 0 aromatic carbocycles. The minimum atomic E-state index is -0.221. The molecule has 3 atom stereocenters. The summed E-state index contributed by atoms with van der Waals surface area (Å²) < 4.78 is 0. The summed E-state index contributed by atoms with van der Waals surface area (Å²) in [6.07, 6.45) is 6.40. The summed E-state index contributed by atoms with van der Waals surface area (Å²) in [6.45, 7) is 13.0. The van der Waals surface area contributed by atoms with Gasteiger partial charge in [0.05, 0.1) is 6.04 Å². The summed E-state index contributed by atoms with van der Waals surface area (Å²) in [4.78, 5) is 15.4. The molecule has 2 fully saturated rings. The molecular weight excluding hydrogens is 234 g/mol. The van der Waals surface area contributed by atoms with E-state index in [0.29, 0.717) is 11.8 Å². The molecule has 1 heterocycles. The van der Waals surface area contributed by atoms with Crippen LogP contribution in [0.4, 0.5) is 0 Å². The highest BCUT2D eigenvalue weighted by Crippen LogP contribution is 2.44. The molecule has 0 aromatic rings. The highest BCUT2D eigenvalue weighted by Gasteiger charge is 2.50. The van der Waals surface area contributed by atoms with Gasteiger partial charge < -0.3 is 0 Å². The van der Waals surface area contributed by atoms with Crippen LogP contribution in [0, 0.1) is 11.3 Å². The summed E-state index contributed by atoms with van der Waals surface area (Å²) in [5.74, 6) is 1.20. The molecule has 0 aromatic heterocycles. The van der Waals surface area contributed by atoms with Gasteiger partial charge in [-0.15, -0.1) is 0 Å². The van der Waals surface area contributed by atoms with Crippen LogP contribution < -0.4 is 0 Å². The molecule has 19 heavy (non-hydrogen) atoms. The van der Waals surface area contributed by atoms with Crippen LogP contribution in [0.25, 0.3) is 0 Å². The van der Waals surface area contributed by atoms with Gasteiger partial charge in [0.1, 0.15) is 0 Å². The first-order valence-corrected chi connectivity index (χ1v) is 7.95. The number of hydrogen-bond donors (Lipinski definition) is 0. The molecule has 1 unspecified atom stereocenters. The number of rotatable bonds is 1. The van der Waals surface area contributed by atoms with E-state index in [2.05, 4.69) is 46.4 Å². The zero-order valence-corrected chi connectivity index (χ0v) is 13.6. The minimum absolute atomic E-state index is 0.0995. The number of hydrogen-bond acceptors (Lipinski definition) is 2. The fourth-order valence-corrected chi connectivity index (χ4v) is 4.16. The van der Waals surface area contributed by atoms with Crippen molar-refractivity contribution in [3.63, 3.8) is 0 Å². The summed E-state index contributed by atoms with van der Waals surface area (Å²) >= 11 is 0. The Morgan fingerprint density at radius 3 is 2.11 bits per heavy atom. The lowest BCUT2D eigenvalue weighted by atomic mass is 9.82. The first-order chi connectivity index (χ1) is 8.62. The zero-order chi connectivity index (χ0) is 14.4. The minimum Gasteiger partial charge on any atom is -0.297 e. The molecule has 2 nitrogen and oxygen atoms in total. The lowest BCUT2D eigenvalue weighted by molar-refractivity contribution is -0.133. The van der Waals surface area contributed by atoms with E-state index in [1.165, 1.54) is 25.7 Å². The van der Waals surface area contributed by atoms with Crippen LogP contribution in [0.15, 0.2) is 0 Å². The molecular formula is C17H31NO. The number of fused-ring (bicyclic) bond motifs is 1. The normalized spacial score (nSPS) is 33.3. The number of nitrogens with zero attached hydrogens (tertiary/aromatic N) is 1. The number of Topliss-reactive ketones (excluding diaryl/α,β-unsaturated/α-hetero) is 1. The van der Waals surface area contributed by atoms with Gasteiger partial charge in [-0.25, -0.2) is 0 Å². The van der Waals surface area contributed by atoms with Crippen LogP contribution in [0.3, 0.4) is 0 Å². The SMILES string of the molecule is CC(C)(C)C(=O)C1C[C@@H]2CCCC[C@@H]2N1C(C)(C)C. The summed E-state index contributed by atoms with van der Waals surface area (Å²) in [6, 6.07) is 0.790. The molecule has 1 saturated heterocycles. The Morgan fingerprint density at radius 1 is 1.00 bits per heavy atom. The van der Waals surface area contributed by atoms with Crippen LogP contribution in [-0.2, 0) is 4.79 Å². The van der Waals surface area contributed by atoms with Crippen molar-refractivity contribution in [1.82, 2.24) is 4.90 Å². The van der Waals surface area contributed by atoms with Gasteiger partial charge in [-0.3, -0.25) is 9.69 Å². The smallest absolute Gasteiger partial charge is 0.155 e. The standard InChI is InChI=1S/C17H31NO/c1-16(2,3)15(19)14-11-12-9-7-8-10-13(12)18(14)17(4,5)6/h12-14H,7-11H2,1-6H3/t12-,13-,14?/m0/s1. The lowest BCUT2D eigenvalue weighted by Crippen LogP contribution is -2.54. The Morgan fingerprint density at radius 2 is 1.58 bits per heavy atom. The monoisotopic (exact) mass is 265 g/mol. The van der Waals surface area contributed by atoms with E-state index in [1.54, 1.807) is 0 Å². The fraction of sp³-hybridized carbons (Fsp3) is 0.941. The van der Waals surface area contributed by atoms with E-state index in [0.717, 1.165) is 12.3 Å². The first-order valence-electron chi connectivity index (χ1n) is 7.95. The zero-order valence-electron chi connectivity index (χ0n) is 13.6. The van der Waals surface area contributed by atoms with E-state index < -0.39 is 0 Å². The third-order valence-electron chi connectivity index (χ3n) is 4.90. The molecule has 0 bridgehead atoms. The van der Waals surface area contributed by atoms with E-state index >= 15 is 0 Å². The molecule has 110 valence electrons. The lowest BCUT2D eigenvalue weighted by Gasteiger charge is -2.43. The van der Waals surface area contributed by atoms with Crippen molar-refractivity contribution in [3.8, 4) is 0 Å². The van der Waals surface area contributed by atoms with E-state index in [9.17, 15) is 4.79 Å². The Kier molecular flexibility index (Phi) is 3.85. The number of ketones is 1. The van der Waals surface area contributed by atoms with Crippen molar-refractivity contribution in [3.05, 3.63) is 0 Å². The molecule has 0 spiro atoms. The Bertz CT molecular complexity index is 347. The average molecular weight is 265 g/mol. The highest BCUT2D eigenvalue weighted by molar-refractivity contribution is 5.89. The fourth-order valence-electron chi connectivity index (χ4n) is 4.16. The number of likely N-dealkylation sites (tertiary alicyclic amines) is 1.